The lowest BCUT2D eigenvalue weighted by Gasteiger charge is -2.10. The first-order valence-corrected chi connectivity index (χ1v) is 7.63. The number of aryl methyl sites for hydroxylation is 1. The molecule has 1 aromatic heterocycles. The summed E-state index contributed by atoms with van der Waals surface area (Å²) in [7, 11) is 0. The molecule has 0 aliphatic carbocycles. The van der Waals surface area contributed by atoms with E-state index < -0.39 is 0 Å². The summed E-state index contributed by atoms with van der Waals surface area (Å²) in [6.45, 7) is 2.59. The van der Waals surface area contributed by atoms with Crippen LogP contribution in [0.2, 0.25) is 15.1 Å². The Bertz CT molecular complexity index is 809. The van der Waals surface area contributed by atoms with Crippen LogP contribution in [-0.2, 0) is 6.54 Å². The molecule has 108 valence electrons. The third kappa shape index (κ3) is 2.98. The summed E-state index contributed by atoms with van der Waals surface area (Å²) in [6.07, 6.45) is 1.97. The molecule has 0 saturated heterocycles. The van der Waals surface area contributed by atoms with Crippen molar-refractivity contribution in [3.63, 3.8) is 0 Å². The molecule has 1 heterocycles. The van der Waals surface area contributed by atoms with Crippen LogP contribution < -0.4 is 5.32 Å². The highest BCUT2D eigenvalue weighted by atomic mass is 35.5. The van der Waals surface area contributed by atoms with Gasteiger partial charge in [0, 0.05) is 33.7 Å². The van der Waals surface area contributed by atoms with Crippen LogP contribution in [0.3, 0.4) is 0 Å². The van der Waals surface area contributed by atoms with Gasteiger partial charge in [-0.05, 0) is 42.3 Å². The number of H-pyrrole nitrogens is 1. The number of fused-ring (bicyclic) bond motifs is 1. The van der Waals surface area contributed by atoms with E-state index in [0.29, 0.717) is 16.6 Å². The highest BCUT2D eigenvalue weighted by Crippen LogP contribution is 2.30. The Morgan fingerprint density at radius 1 is 1.05 bits per heavy atom. The van der Waals surface area contributed by atoms with Gasteiger partial charge >= 0.3 is 0 Å². The van der Waals surface area contributed by atoms with Crippen LogP contribution in [0.15, 0.2) is 36.5 Å². The minimum Gasteiger partial charge on any atom is -0.380 e. The van der Waals surface area contributed by atoms with E-state index in [2.05, 4.69) is 10.3 Å². The quantitative estimate of drug-likeness (QED) is 0.597. The number of rotatable bonds is 3. The summed E-state index contributed by atoms with van der Waals surface area (Å²) >= 11 is 18.4. The number of hydrogen-bond donors (Lipinski definition) is 2. The van der Waals surface area contributed by atoms with E-state index in [4.69, 9.17) is 34.8 Å². The molecule has 0 bridgehead atoms. The number of aromatic nitrogens is 1. The highest BCUT2D eigenvalue weighted by molar-refractivity contribution is 6.35. The van der Waals surface area contributed by atoms with Crippen molar-refractivity contribution in [1.82, 2.24) is 4.98 Å². The van der Waals surface area contributed by atoms with Gasteiger partial charge in [0.15, 0.2) is 0 Å². The number of nitrogens with one attached hydrogen (secondary N) is 2. The monoisotopic (exact) mass is 338 g/mol. The molecule has 2 nitrogen and oxygen atoms in total. The zero-order valence-corrected chi connectivity index (χ0v) is 13.6. The summed E-state index contributed by atoms with van der Waals surface area (Å²) in [5.41, 5.74) is 3.96. The molecule has 0 amide bonds. The van der Waals surface area contributed by atoms with Crippen molar-refractivity contribution in [2.75, 3.05) is 5.32 Å². The second kappa shape index (κ2) is 5.80. The van der Waals surface area contributed by atoms with E-state index in [-0.39, 0.29) is 0 Å². The zero-order valence-electron chi connectivity index (χ0n) is 11.3. The zero-order chi connectivity index (χ0) is 15.0. The third-order valence-corrected chi connectivity index (χ3v) is 4.40. The second-order valence-electron chi connectivity index (χ2n) is 4.94. The number of aromatic amines is 1. The number of halogens is 3. The molecule has 0 aliphatic rings. The average Bonchev–Trinajstić information content (AvgIpc) is 2.83. The largest absolute Gasteiger partial charge is 0.380 e. The Kier molecular flexibility index (Phi) is 4.03. The molecular formula is C16H13Cl3N2. The minimum absolute atomic E-state index is 0.654. The number of anilines is 1. The van der Waals surface area contributed by atoms with Crippen LogP contribution in [0.25, 0.3) is 10.9 Å². The molecule has 3 aromatic rings. The summed E-state index contributed by atoms with van der Waals surface area (Å²) in [5.74, 6) is 0. The maximum Gasteiger partial charge on any atom is 0.0641 e. The van der Waals surface area contributed by atoms with Crippen molar-refractivity contribution < 1.29 is 0 Å². The Hall–Kier alpha value is -1.35. The smallest absolute Gasteiger partial charge is 0.0641 e. The lowest BCUT2D eigenvalue weighted by molar-refractivity contribution is 1.16. The molecule has 2 N–H and O–H groups in total. The van der Waals surface area contributed by atoms with Crippen LogP contribution in [0.4, 0.5) is 5.69 Å². The fraction of sp³-hybridized carbons (Fsp3) is 0.125. The van der Waals surface area contributed by atoms with E-state index in [9.17, 15) is 0 Å². The van der Waals surface area contributed by atoms with Gasteiger partial charge in [-0.25, -0.2) is 0 Å². The normalized spacial score (nSPS) is 11.0. The molecule has 0 aliphatic heterocycles. The molecule has 5 heteroatoms. The van der Waals surface area contributed by atoms with E-state index >= 15 is 0 Å². The van der Waals surface area contributed by atoms with Gasteiger partial charge in [-0.3, -0.25) is 0 Å². The van der Waals surface area contributed by atoms with Crippen molar-refractivity contribution in [3.05, 3.63) is 62.7 Å². The highest BCUT2D eigenvalue weighted by Gasteiger charge is 2.07. The number of benzene rings is 2. The lowest BCUT2D eigenvalue weighted by atomic mass is 10.1. The van der Waals surface area contributed by atoms with Gasteiger partial charge in [0.25, 0.3) is 0 Å². The van der Waals surface area contributed by atoms with Crippen molar-refractivity contribution in [2.24, 2.45) is 0 Å². The van der Waals surface area contributed by atoms with E-state index in [1.54, 1.807) is 0 Å². The van der Waals surface area contributed by atoms with E-state index in [1.165, 1.54) is 0 Å². The first-order valence-electron chi connectivity index (χ1n) is 6.49. The van der Waals surface area contributed by atoms with Crippen LogP contribution in [0.5, 0.6) is 0 Å². The molecule has 3 rings (SSSR count). The predicted molar refractivity (Wildman–Crippen MR) is 91.8 cm³/mol. The van der Waals surface area contributed by atoms with Gasteiger partial charge in [0.05, 0.1) is 10.7 Å². The first kappa shape index (κ1) is 14.6. The standard InChI is InChI=1S/C16H13Cl3N2/c1-9-4-14(19)16(6-13(9)18)21-8-10-7-20-15-5-11(17)2-3-12(10)15/h2-7,20-21H,8H2,1H3. The topological polar surface area (TPSA) is 27.8 Å². The lowest BCUT2D eigenvalue weighted by Crippen LogP contribution is -1.99. The number of hydrogen-bond acceptors (Lipinski definition) is 1. The Morgan fingerprint density at radius 3 is 2.67 bits per heavy atom. The average molecular weight is 340 g/mol. The fourth-order valence-corrected chi connectivity index (χ4v) is 2.90. The van der Waals surface area contributed by atoms with Gasteiger partial charge < -0.3 is 10.3 Å². The van der Waals surface area contributed by atoms with Gasteiger partial charge in [0.2, 0.25) is 0 Å². The molecular weight excluding hydrogens is 327 g/mol. The summed E-state index contributed by atoms with van der Waals surface area (Å²) in [6, 6.07) is 9.52. The van der Waals surface area contributed by atoms with Crippen molar-refractivity contribution in [3.8, 4) is 0 Å². The summed E-state index contributed by atoms with van der Waals surface area (Å²) in [5, 5.41) is 6.55. The molecule has 0 saturated carbocycles. The van der Waals surface area contributed by atoms with E-state index in [1.807, 2.05) is 43.5 Å². The van der Waals surface area contributed by atoms with E-state index in [0.717, 1.165) is 32.7 Å². The summed E-state index contributed by atoms with van der Waals surface area (Å²) in [4.78, 5) is 3.22. The van der Waals surface area contributed by atoms with Gasteiger partial charge in [-0.1, -0.05) is 40.9 Å². The molecule has 2 aromatic carbocycles. The van der Waals surface area contributed by atoms with Crippen molar-refractivity contribution in [2.45, 2.75) is 13.5 Å². The first-order chi connectivity index (χ1) is 10.0. The van der Waals surface area contributed by atoms with Gasteiger partial charge in [-0.2, -0.15) is 0 Å². The van der Waals surface area contributed by atoms with Gasteiger partial charge in [-0.15, -0.1) is 0 Å². The summed E-state index contributed by atoms with van der Waals surface area (Å²) < 4.78 is 0. The molecule has 0 fully saturated rings. The molecule has 0 radical (unpaired) electrons. The van der Waals surface area contributed by atoms with Crippen LogP contribution >= 0.6 is 34.8 Å². The fourth-order valence-electron chi connectivity index (χ4n) is 2.28. The maximum atomic E-state index is 6.23. The second-order valence-corrected chi connectivity index (χ2v) is 6.19. The molecule has 0 atom stereocenters. The third-order valence-electron chi connectivity index (χ3n) is 3.45. The maximum absolute atomic E-state index is 6.23. The van der Waals surface area contributed by atoms with Crippen LogP contribution in [-0.4, -0.2) is 4.98 Å². The minimum atomic E-state index is 0.654. The SMILES string of the molecule is Cc1cc(Cl)c(NCc2c[nH]c3cc(Cl)ccc23)cc1Cl. The van der Waals surface area contributed by atoms with Crippen molar-refractivity contribution >= 4 is 51.4 Å². The Morgan fingerprint density at radius 2 is 1.86 bits per heavy atom. The Labute approximate surface area is 138 Å². The van der Waals surface area contributed by atoms with Crippen molar-refractivity contribution in [1.29, 1.82) is 0 Å². The predicted octanol–water partition coefficient (Wildman–Crippen LogP) is 6.05. The molecule has 0 spiro atoms. The Balaban J connectivity index is 1.85. The molecule has 0 unspecified atom stereocenters. The van der Waals surface area contributed by atoms with Crippen LogP contribution in [0, 0.1) is 6.92 Å². The van der Waals surface area contributed by atoms with Crippen LogP contribution in [0.1, 0.15) is 11.1 Å². The van der Waals surface area contributed by atoms with Gasteiger partial charge in [0.1, 0.15) is 0 Å². The molecule has 21 heavy (non-hydrogen) atoms.